The molecule has 0 aromatic heterocycles. The third-order valence-corrected chi connectivity index (χ3v) is 3.97. The molecule has 4 atom stereocenters. The first kappa shape index (κ1) is 18.0. The summed E-state index contributed by atoms with van der Waals surface area (Å²) in [6.07, 6.45) is -7.04. The average molecular weight is 360 g/mol. The second-order valence-electron chi connectivity index (χ2n) is 5.80. The molecule has 2 aromatic carbocycles. The molecule has 0 unspecified atom stereocenters. The number of alkyl halides is 1. The second kappa shape index (κ2) is 7.63. The van der Waals surface area contributed by atoms with Gasteiger partial charge in [0.15, 0.2) is 12.5 Å². The Morgan fingerprint density at radius 1 is 1.00 bits per heavy atom. The van der Waals surface area contributed by atoms with Crippen LogP contribution in [0.1, 0.15) is 26.3 Å². The molecule has 6 nitrogen and oxygen atoms in total. The summed E-state index contributed by atoms with van der Waals surface area (Å²) in [5.74, 6) is -1.58. The van der Waals surface area contributed by atoms with Gasteiger partial charge in [-0.25, -0.2) is 14.0 Å². The van der Waals surface area contributed by atoms with Gasteiger partial charge in [0, 0.05) is 0 Å². The fraction of sp³-hybridized carbons (Fsp3) is 0.263. The number of carbonyl (C=O) groups excluding carboxylic acids is 2. The van der Waals surface area contributed by atoms with Crippen molar-refractivity contribution in [3.8, 4) is 0 Å². The van der Waals surface area contributed by atoms with Gasteiger partial charge in [-0.1, -0.05) is 36.4 Å². The Morgan fingerprint density at radius 3 is 2.35 bits per heavy atom. The van der Waals surface area contributed by atoms with Crippen LogP contribution in [0, 0.1) is 6.92 Å². The average Bonchev–Trinajstić information content (AvgIpc) is 2.90. The van der Waals surface area contributed by atoms with Crippen LogP contribution in [0.5, 0.6) is 0 Å². The molecular weight excluding hydrogens is 343 g/mol. The summed E-state index contributed by atoms with van der Waals surface area (Å²) < 4.78 is 29.3. The molecule has 0 radical (unpaired) electrons. The molecule has 1 aliphatic rings. The zero-order valence-corrected chi connectivity index (χ0v) is 13.9. The maximum absolute atomic E-state index is 14.2. The summed E-state index contributed by atoms with van der Waals surface area (Å²) in [6, 6.07) is 14.6. The van der Waals surface area contributed by atoms with Crippen LogP contribution in [-0.4, -0.2) is 41.9 Å². The monoisotopic (exact) mass is 360 g/mol. The number of hydrogen-bond donors (Lipinski definition) is 1. The number of aryl methyl sites for hydroxylation is 1. The van der Waals surface area contributed by atoms with E-state index in [2.05, 4.69) is 0 Å². The first-order valence-corrected chi connectivity index (χ1v) is 7.97. The van der Waals surface area contributed by atoms with E-state index in [9.17, 15) is 19.1 Å². The van der Waals surface area contributed by atoms with E-state index < -0.39 is 36.8 Å². The summed E-state index contributed by atoms with van der Waals surface area (Å²) in [4.78, 5) is 24.4. The van der Waals surface area contributed by atoms with Crippen LogP contribution in [0.15, 0.2) is 54.6 Å². The summed E-state index contributed by atoms with van der Waals surface area (Å²) >= 11 is 0. The summed E-state index contributed by atoms with van der Waals surface area (Å²) in [5.41, 5.74) is 1.12. The van der Waals surface area contributed by atoms with Gasteiger partial charge in [-0.2, -0.15) is 0 Å². The lowest BCUT2D eigenvalue weighted by molar-refractivity contribution is -0.181. The van der Waals surface area contributed by atoms with Crippen LogP contribution in [0.3, 0.4) is 0 Å². The number of carbonyl (C=O) groups is 2. The molecule has 7 heteroatoms. The van der Waals surface area contributed by atoms with E-state index in [1.807, 2.05) is 0 Å². The fourth-order valence-electron chi connectivity index (χ4n) is 2.55. The maximum atomic E-state index is 14.2. The largest absolute Gasteiger partial charge is 0.449 e. The van der Waals surface area contributed by atoms with E-state index in [0.717, 1.165) is 0 Å². The Bertz CT molecular complexity index is 794. The Balaban J connectivity index is 1.74. The van der Waals surface area contributed by atoms with Gasteiger partial charge in [-0.15, -0.1) is 0 Å². The molecule has 0 bridgehead atoms. The molecule has 0 amide bonds. The van der Waals surface area contributed by atoms with Gasteiger partial charge >= 0.3 is 11.9 Å². The summed E-state index contributed by atoms with van der Waals surface area (Å²) in [6.45, 7) is 1.71. The quantitative estimate of drug-likeness (QED) is 0.843. The van der Waals surface area contributed by atoms with Crippen molar-refractivity contribution in [1.29, 1.82) is 0 Å². The van der Waals surface area contributed by atoms with E-state index in [1.54, 1.807) is 49.4 Å². The third-order valence-electron chi connectivity index (χ3n) is 3.97. The summed E-state index contributed by atoms with van der Waals surface area (Å²) in [7, 11) is 0. The van der Waals surface area contributed by atoms with Crippen LogP contribution in [0.25, 0.3) is 0 Å². The Morgan fingerprint density at radius 2 is 1.65 bits per heavy atom. The van der Waals surface area contributed by atoms with Crippen LogP contribution in [0.2, 0.25) is 0 Å². The predicted molar refractivity (Wildman–Crippen MR) is 88.0 cm³/mol. The van der Waals surface area contributed by atoms with Gasteiger partial charge in [0.2, 0.25) is 12.4 Å². The Labute approximate surface area is 149 Å². The molecule has 1 N–H and O–H groups in total. The van der Waals surface area contributed by atoms with Crippen LogP contribution < -0.4 is 0 Å². The highest BCUT2D eigenvalue weighted by Crippen LogP contribution is 2.28. The number of halogens is 1. The van der Waals surface area contributed by atoms with Crippen molar-refractivity contribution in [3.63, 3.8) is 0 Å². The molecule has 3 rings (SSSR count). The Kier molecular flexibility index (Phi) is 5.29. The minimum absolute atomic E-state index is 0.199. The number of aliphatic hydroxyl groups is 1. The standard InChI is InChI=1S/C19H17FO6/c1-11-7-5-6-10-13(11)17(22)25-19-15(14(20)18(23)26-19)24-16(21)12-8-3-2-4-9-12/h2-10,14-15,18-19,23H,1H3/t14-,15-,18-,19-/m0/s1. The molecule has 26 heavy (non-hydrogen) atoms. The van der Waals surface area contributed by atoms with Crippen molar-refractivity contribution in [3.05, 3.63) is 71.3 Å². The van der Waals surface area contributed by atoms with Crippen molar-refractivity contribution in [1.82, 2.24) is 0 Å². The summed E-state index contributed by atoms with van der Waals surface area (Å²) in [5, 5.41) is 9.58. The zero-order chi connectivity index (χ0) is 18.7. The smallest absolute Gasteiger partial charge is 0.340 e. The minimum atomic E-state index is -2.04. The molecular formula is C19H17FO6. The van der Waals surface area contributed by atoms with Crippen molar-refractivity contribution in [2.24, 2.45) is 0 Å². The first-order chi connectivity index (χ1) is 12.5. The van der Waals surface area contributed by atoms with Crippen molar-refractivity contribution >= 4 is 11.9 Å². The molecule has 1 heterocycles. The number of esters is 2. The first-order valence-electron chi connectivity index (χ1n) is 7.97. The fourth-order valence-corrected chi connectivity index (χ4v) is 2.55. The van der Waals surface area contributed by atoms with Crippen LogP contribution in [0.4, 0.5) is 4.39 Å². The third kappa shape index (κ3) is 3.74. The van der Waals surface area contributed by atoms with E-state index in [-0.39, 0.29) is 11.1 Å². The number of aliphatic hydroxyl groups excluding tert-OH is 1. The van der Waals surface area contributed by atoms with Gasteiger partial charge in [0.1, 0.15) is 0 Å². The normalized spacial score (nSPS) is 24.9. The van der Waals surface area contributed by atoms with E-state index in [4.69, 9.17) is 14.2 Å². The molecule has 1 fully saturated rings. The number of ether oxygens (including phenoxy) is 3. The second-order valence-corrected chi connectivity index (χ2v) is 5.80. The lowest BCUT2D eigenvalue weighted by atomic mass is 10.1. The molecule has 0 spiro atoms. The van der Waals surface area contributed by atoms with Crippen molar-refractivity contribution in [2.75, 3.05) is 0 Å². The highest BCUT2D eigenvalue weighted by Gasteiger charge is 2.49. The molecule has 1 aliphatic heterocycles. The van der Waals surface area contributed by atoms with Gasteiger partial charge in [-0.3, -0.25) is 0 Å². The van der Waals surface area contributed by atoms with Crippen LogP contribution in [-0.2, 0) is 14.2 Å². The minimum Gasteiger partial charge on any atom is -0.449 e. The Hall–Kier alpha value is -2.77. The predicted octanol–water partition coefficient (Wildman–Crippen LogP) is 2.39. The molecule has 0 saturated carbocycles. The van der Waals surface area contributed by atoms with E-state index in [1.165, 1.54) is 12.1 Å². The van der Waals surface area contributed by atoms with Gasteiger partial charge in [-0.05, 0) is 30.7 Å². The van der Waals surface area contributed by atoms with E-state index in [0.29, 0.717) is 5.56 Å². The van der Waals surface area contributed by atoms with Crippen molar-refractivity contribution in [2.45, 2.75) is 31.8 Å². The van der Waals surface area contributed by atoms with Crippen molar-refractivity contribution < 1.29 is 33.3 Å². The molecule has 136 valence electrons. The van der Waals surface area contributed by atoms with Gasteiger partial charge in [0.05, 0.1) is 11.1 Å². The molecule has 2 aromatic rings. The lowest BCUT2D eigenvalue weighted by Crippen LogP contribution is -2.37. The molecule has 0 aliphatic carbocycles. The topological polar surface area (TPSA) is 82.1 Å². The number of hydrogen-bond acceptors (Lipinski definition) is 6. The maximum Gasteiger partial charge on any atom is 0.340 e. The van der Waals surface area contributed by atoms with Gasteiger partial charge < -0.3 is 19.3 Å². The highest BCUT2D eigenvalue weighted by atomic mass is 19.1. The number of benzene rings is 2. The lowest BCUT2D eigenvalue weighted by Gasteiger charge is -2.20. The molecule has 1 saturated heterocycles. The van der Waals surface area contributed by atoms with Gasteiger partial charge in [0.25, 0.3) is 0 Å². The highest BCUT2D eigenvalue weighted by molar-refractivity contribution is 5.91. The van der Waals surface area contributed by atoms with E-state index >= 15 is 0 Å². The van der Waals surface area contributed by atoms with Crippen LogP contribution >= 0.6 is 0 Å². The SMILES string of the molecule is Cc1ccccc1C(=O)O[C@H]1O[C@H](O)[C@@H](F)[C@@H]1OC(=O)c1ccccc1. The zero-order valence-electron chi connectivity index (χ0n) is 13.9. The number of rotatable bonds is 4.